The number of methoxy groups -OCH3 is 1. The van der Waals surface area contributed by atoms with Crippen LogP contribution in [0.4, 0.5) is 0 Å². The third kappa shape index (κ3) is 4.69. The largest absolute Gasteiger partial charge is 0.468 e. The molecule has 2 atom stereocenters. The Kier molecular flexibility index (Phi) is 6.65. The van der Waals surface area contributed by atoms with Crippen LogP contribution in [-0.4, -0.2) is 35.1 Å². The summed E-state index contributed by atoms with van der Waals surface area (Å²) in [6, 6.07) is 5.95. The summed E-state index contributed by atoms with van der Waals surface area (Å²) < 4.78 is 4.73. The van der Waals surface area contributed by atoms with Crippen LogP contribution >= 0.6 is 24.2 Å². The molecule has 0 aliphatic carbocycles. The first kappa shape index (κ1) is 16.3. The van der Waals surface area contributed by atoms with E-state index in [2.05, 4.69) is 12.6 Å². The smallest absolute Gasteiger partial charge is 0.330 e. The second-order valence-electron chi connectivity index (χ2n) is 4.25. The van der Waals surface area contributed by atoms with E-state index in [0.717, 1.165) is 5.06 Å². The highest BCUT2D eigenvalue weighted by atomic mass is 35.5. The van der Waals surface area contributed by atoms with Gasteiger partial charge in [0.1, 0.15) is 0 Å². The number of halogens is 1. The molecule has 1 unspecified atom stereocenters. The number of thiol groups is 1. The van der Waals surface area contributed by atoms with E-state index in [1.54, 1.807) is 24.3 Å². The van der Waals surface area contributed by atoms with Crippen LogP contribution in [0.1, 0.15) is 24.9 Å². The van der Waals surface area contributed by atoms with Gasteiger partial charge in [0.2, 0.25) is 0 Å². The summed E-state index contributed by atoms with van der Waals surface area (Å²) in [4.78, 5) is 11.8. The Bertz CT molecular complexity index is 428. The average molecular weight is 304 g/mol. The first-order valence-corrected chi connectivity index (χ1v) is 6.82. The SMILES string of the molecule is COC(=O)[C@H](c1ccccc1Cl)N(O)CCC(C)S. The molecule has 1 aromatic carbocycles. The van der Waals surface area contributed by atoms with Gasteiger partial charge in [0, 0.05) is 22.4 Å². The third-order valence-electron chi connectivity index (χ3n) is 2.70. The van der Waals surface area contributed by atoms with E-state index in [9.17, 15) is 10.0 Å². The van der Waals surface area contributed by atoms with Gasteiger partial charge in [-0.3, -0.25) is 0 Å². The summed E-state index contributed by atoms with van der Waals surface area (Å²) in [6.45, 7) is 2.22. The average Bonchev–Trinajstić information content (AvgIpc) is 2.38. The van der Waals surface area contributed by atoms with Crippen LogP contribution < -0.4 is 0 Å². The lowest BCUT2D eigenvalue weighted by atomic mass is 10.1. The standard InChI is InChI=1S/C13H18ClNO3S/c1-9(19)7-8-15(17)12(13(16)18-2)10-5-3-4-6-11(10)14/h3-6,9,12,17,19H,7-8H2,1-2H3/t9?,12-/m0/s1. The maximum absolute atomic E-state index is 11.8. The number of esters is 1. The highest BCUT2D eigenvalue weighted by molar-refractivity contribution is 7.80. The predicted octanol–water partition coefficient (Wildman–Crippen LogP) is 2.95. The molecule has 0 heterocycles. The van der Waals surface area contributed by atoms with Crippen LogP contribution in [-0.2, 0) is 9.53 Å². The molecule has 0 fully saturated rings. The fraction of sp³-hybridized carbons (Fsp3) is 0.462. The number of rotatable bonds is 6. The zero-order valence-electron chi connectivity index (χ0n) is 10.9. The first-order valence-electron chi connectivity index (χ1n) is 5.93. The maximum Gasteiger partial charge on any atom is 0.330 e. The first-order chi connectivity index (χ1) is 8.97. The van der Waals surface area contributed by atoms with Gasteiger partial charge < -0.3 is 9.94 Å². The molecule has 4 nitrogen and oxygen atoms in total. The third-order valence-corrected chi connectivity index (χ3v) is 3.30. The van der Waals surface area contributed by atoms with Crippen LogP contribution in [0, 0.1) is 0 Å². The van der Waals surface area contributed by atoms with Crippen molar-refractivity contribution in [3.8, 4) is 0 Å². The monoisotopic (exact) mass is 303 g/mol. The second-order valence-corrected chi connectivity index (χ2v) is 5.54. The fourth-order valence-corrected chi connectivity index (χ4v) is 2.02. The number of carbonyl (C=O) groups excluding carboxylic acids is 1. The number of hydrogen-bond donors (Lipinski definition) is 2. The normalized spacial score (nSPS) is 14.2. The summed E-state index contributed by atoms with van der Waals surface area (Å²) in [5.41, 5.74) is 0.519. The van der Waals surface area contributed by atoms with Gasteiger partial charge in [0.05, 0.1) is 7.11 Å². The number of ether oxygens (including phenoxy) is 1. The van der Waals surface area contributed by atoms with Gasteiger partial charge in [-0.05, 0) is 12.5 Å². The molecule has 0 aliphatic rings. The van der Waals surface area contributed by atoms with E-state index in [0.29, 0.717) is 23.6 Å². The molecule has 0 aliphatic heterocycles. The van der Waals surface area contributed by atoms with Crippen molar-refractivity contribution >= 4 is 30.2 Å². The van der Waals surface area contributed by atoms with E-state index >= 15 is 0 Å². The number of nitrogens with zero attached hydrogens (tertiary/aromatic N) is 1. The molecule has 0 bridgehead atoms. The second kappa shape index (κ2) is 7.75. The van der Waals surface area contributed by atoms with Crippen LogP contribution in [0.25, 0.3) is 0 Å². The molecule has 19 heavy (non-hydrogen) atoms. The molecule has 0 aromatic heterocycles. The maximum atomic E-state index is 11.8. The molecule has 1 aromatic rings. The molecule has 0 spiro atoms. The molecule has 0 saturated carbocycles. The van der Waals surface area contributed by atoms with Gasteiger partial charge in [-0.2, -0.15) is 17.7 Å². The van der Waals surface area contributed by atoms with Crippen LogP contribution in [0.15, 0.2) is 24.3 Å². The fourth-order valence-electron chi connectivity index (χ4n) is 1.67. The van der Waals surface area contributed by atoms with Crippen molar-refractivity contribution in [2.45, 2.75) is 24.6 Å². The van der Waals surface area contributed by atoms with Crippen LogP contribution in [0.2, 0.25) is 5.02 Å². The number of hydrogen-bond acceptors (Lipinski definition) is 5. The summed E-state index contributed by atoms with van der Waals surface area (Å²) >= 11 is 10.3. The summed E-state index contributed by atoms with van der Waals surface area (Å²) in [6.07, 6.45) is 0.636. The minimum absolute atomic E-state index is 0.124. The van der Waals surface area contributed by atoms with Gasteiger partial charge in [-0.1, -0.05) is 36.7 Å². The quantitative estimate of drug-likeness (QED) is 0.482. The molecular weight excluding hydrogens is 286 g/mol. The predicted molar refractivity (Wildman–Crippen MR) is 77.8 cm³/mol. The van der Waals surface area contributed by atoms with E-state index in [1.165, 1.54) is 7.11 Å². The topological polar surface area (TPSA) is 49.8 Å². The lowest BCUT2D eigenvalue weighted by Gasteiger charge is -2.25. The summed E-state index contributed by atoms with van der Waals surface area (Å²) in [7, 11) is 1.28. The Hall–Kier alpha value is -0.750. The molecule has 1 rings (SSSR count). The zero-order chi connectivity index (χ0) is 14.4. The van der Waals surface area contributed by atoms with Gasteiger partial charge in [0.15, 0.2) is 6.04 Å². The minimum Gasteiger partial charge on any atom is -0.468 e. The molecule has 106 valence electrons. The summed E-state index contributed by atoms with van der Waals surface area (Å²) in [5.74, 6) is -0.553. The van der Waals surface area contributed by atoms with Crippen LogP contribution in [0.5, 0.6) is 0 Å². The van der Waals surface area contributed by atoms with E-state index < -0.39 is 12.0 Å². The molecule has 0 saturated heterocycles. The molecule has 6 heteroatoms. The van der Waals surface area contributed by atoms with Crippen LogP contribution in [0.3, 0.4) is 0 Å². The van der Waals surface area contributed by atoms with Crippen molar-refractivity contribution in [3.63, 3.8) is 0 Å². The van der Waals surface area contributed by atoms with Crippen molar-refractivity contribution in [1.82, 2.24) is 5.06 Å². The number of carbonyl (C=O) groups is 1. The Morgan fingerprint density at radius 2 is 2.16 bits per heavy atom. The van der Waals surface area contributed by atoms with Crippen molar-refractivity contribution in [1.29, 1.82) is 0 Å². The van der Waals surface area contributed by atoms with E-state index in [4.69, 9.17) is 16.3 Å². The van der Waals surface area contributed by atoms with E-state index in [1.807, 2.05) is 6.92 Å². The Balaban J connectivity index is 2.95. The lowest BCUT2D eigenvalue weighted by molar-refractivity contribution is -0.174. The minimum atomic E-state index is -0.925. The highest BCUT2D eigenvalue weighted by Gasteiger charge is 2.29. The molecule has 0 amide bonds. The zero-order valence-corrected chi connectivity index (χ0v) is 12.6. The van der Waals surface area contributed by atoms with Gasteiger partial charge in [-0.15, -0.1) is 0 Å². The Morgan fingerprint density at radius 3 is 2.68 bits per heavy atom. The van der Waals surface area contributed by atoms with Crippen molar-refractivity contribution in [2.24, 2.45) is 0 Å². The lowest BCUT2D eigenvalue weighted by Crippen LogP contribution is -2.34. The van der Waals surface area contributed by atoms with Gasteiger partial charge in [-0.25, -0.2) is 4.79 Å². The molecular formula is C13H18ClNO3S. The molecule has 0 radical (unpaired) electrons. The van der Waals surface area contributed by atoms with Crippen molar-refractivity contribution in [3.05, 3.63) is 34.9 Å². The van der Waals surface area contributed by atoms with Gasteiger partial charge in [0.25, 0.3) is 0 Å². The highest BCUT2D eigenvalue weighted by Crippen LogP contribution is 2.28. The van der Waals surface area contributed by atoms with Gasteiger partial charge >= 0.3 is 5.97 Å². The Labute approximate surface area is 123 Å². The Morgan fingerprint density at radius 1 is 1.53 bits per heavy atom. The number of benzene rings is 1. The van der Waals surface area contributed by atoms with Crippen molar-refractivity contribution in [2.75, 3.05) is 13.7 Å². The van der Waals surface area contributed by atoms with Crippen molar-refractivity contribution < 1.29 is 14.7 Å². The summed E-state index contributed by atoms with van der Waals surface area (Å²) in [5, 5.41) is 11.6. The molecule has 1 N–H and O–H groups in total. The number of hydroxylamine groups is 2. The van der Waals surface area contributed by atoms with E-state index in [-0.39, 0.29) is 5.25 Å².